The number of hydrogen-bond acceptors (Lipinski definition) is 5. The Kier molecular flexibility index (Phi) is 5.19. The molecule has 0 saturated carbocycles. The standard InChI is InChI=1S/C5H9BN2O3/c1-11-5(9)4(7)2-8-3-6-10/h3-4H,2,7H2,1H3. The maximum absolute atomic E-state index is 10.6. The fourth-order valence-electron chi connectivity index (χ4n) is 0.443. The van der Waals surface area contributed by atoms with Gasteiger partial charge in [0.2, 0.25) is 0 Å². The van der Waals surface area contributed by atoms with Gasteiger partial charge in [-0.25, -0.2) is 0 Å². The maximum atomic E-state index is 10.6. The fourth-order valence-corrected chi connectivity index (χ4v) is 0.443. The molecule has 60 valence electrons. The van der Waals surface area contributed by atoms with E-state index in [0.717, 1.165) is 6.11 Å². The Labute approximate surface area is 64.9 Å². The molecule has 0 amide bonds. The Morgan fingerprint density at radius 1 is 1.91 bits per heavy atom. The molecule has 0 aliphatic rings. The first kappa shape index (κ1) is 9.96. The second-order valence-corrected chi connectivity index (χ2v) is 1.78. The van der Waals surface area contributed by atoms with Crippen molar-refractivity contribution in [1.82, 2.24) is 0 Å². The number of carbonyl (C=O) groups excluding carboxylic acids is 1. The molecule has 0 rings (SSSR count). The summed E-state index contributed by atoms with van der Waals surface area (Å²) in [4.78, 5) is 14.1. The molecule has 0 saturated heterocycles. The molecule has 0 aromatic heterocycles. The SMILES string of the molecule is COC(=O)C(N)CN=CB=O. The van der Waals surface area contributed by atoms with E-state index in [9.17, 15) is 9.50 Å². The van der Waals surface area contributed by atoms with Crippen molar-refractivity contribution in [1.29, 1.82) is 0 Å². The van der Waals surface area contributed by atoms with Crippen LogP contribution in [-0.4, -0.2) is 38.9 Å². The number of rotatable bonds is 4. The van der Waals surface area contributed by atoms with Crippen molar-refractivity contribution in [2.45, 2.75) is 6.04 Å². The van der Waals surface area contributed by atoms with E-state index >= 15 is 0 Å². The van der Waals surface area contributed by atoms with Crippen molar-refractivity contribution in [3.05, 3.63) is 0 Å². The zero-order valence-corrected chi connectivity index (χ0v) is 6.19. The third kappa shape index (κ3) is 4.38. The molecular weight excluding hydrogens is 147 g/mol. The Balaban J connectivity index is 3.68. The van der Waals surface area contributed by atoms with Gasteiger partial charge in [0.05, 0.1) is 0 Å². The molecular formula is C5H9BN2O3. The Bertz CT molecular complexity index is 171. The summed E-state index contributed by atoms with van der Waals surface area (Å²) in [6.45, 7) is 0.0748. The van der Waals surface area contributed by atoms with Gasteiger partial charge in [-0.15, -0.1) is 0 Å². The molecule has 0 heterocycles. The number of nitrogens with two attached hydrogens (primary N) is 1. The van der Waals surface area contributed by atoms with Crippen molar-refractivity contribution in [3.8, 4) is 0 Å². The molecule has 11 heavy (non-hydrogen) atoms. The summed E-state index contributed by atoms with van der Waals surface area (Å²) >= 11 is 0. The summed E-state index contributed by atoms with van der Waals surface area (Å²) in [6.07, 6.45) is 1.04. The number of esters is 1. The van der Waals surface area contributed by atoms with Crippen LogP contribution >= 0.6 is 0 Å². The third-order valence-corrected chi connectivity index (χ3v) is 0.972. The molecule has 1 atom stereocenters. The van der Waals surface area contributed by atoms with E-state index < -0.39 is 12.0 Å². The zero-order chi connectivity index (χ0) is 8.69. The normalized spacial score (nSPS) is 12.5. The summed E-state index contributed by atoms with van der Waals surface area (Å²) < 4.78 is 14.0. The van der Waals surface area contributed by atoms with Gasteiger partial charge in [0.15, 0.2) is 0 Å². The molecule has 0 aromatic carbocycles. The van der Waals surface area contributed by atoms with E-state index in [0.29, 0.717) is 7.15 Å². The number of nitrogens with zero attached hydrogens (tertiary/aromatic N) is 1. The van der Waals surface area contributed by atoms with Gasteiger partial charge in [0, 0.05) is 0 Å². The minimum absolute atomic E-state index is 0.0748. The van der Waals surface area contributed by atoms with Crippen LogP contribution in [0.1, 0.15) is 0 Å². The molecule has 0 aliphatic carbocycles. The molecule has 2 N–H and O–H groups in total. The predicted molar refractivity (Wildman–Crippen MR) is 39.8 cm³/mol. The number of carbonyl (C=O) groups is 1. The van der Waals surface area contributed by atoms with Gasteiger partial charge in [0.1, 0.15) is 0 Å². The molecule has 0 fully saturated rings. The Hall–Kier alpha value is -1.04. The first-order valence-corrected chi connectivity index (χ1v) is 2.99. The van der Waals surface area contributed by atoms with Crippen molar-refractivity contribution in [2.24, 2.45) is 10.7 Å². The van der Waals surface area contributed by atoms with Crippen molar-refractivity contribution >= 4 is 19.2 Å². The van der Waals surface area contributed by atoms with Gasteiger partial charge in [-0.3, -0.25) is 0 Å². The number of hydrogen-bond donors (Lipinski definition) is 1. The summed E-state index contributed by atoms with van der Waals surface area (Å²) in [5.74, 6) is -0.534. The molecule has 5 nitrogen and oxygen atoms in total. The average Bonchev–Trinajstić information content (AvgIpc) is 2.03. The summed E-state index contributed by atoms with van der Waals surface area (Å²) in [5, 5.41) is 0. The van der Waals surface area contributed by atoms with Crippen molar-refractivity contribution < 1.29 is 14.2 Å². The Morgan fingerprint density at radius 3 is 3.00 bits per heavy atom. The van der Waals surface area contributed by atoms with E-state index in [-0.39, 0.29) is 6.54 Å². The number of methoxy groups -OCH3 is 1. The monoisotopic (exact) mass is 156 g/mol. The second-order valence-electron chi connectivity index (χ2n) is 1.78. The van der Waals surface area contributed by atoms with Crippen LogP contribution < -0.4 is 5.73 Å². The average molecular weight is 156 g/mol. The van der Waals surface area contributed by atoms with Crippen LogP contribution in [0.4, 0.5) is 0 Å². The topological polar surface area (TPSA) is 81.8 Å². The summed E-state index contributed by atoms with van der Waals surface area (Å²) in [7, 11) is 1.76. The quantitative estimate of drug-likeness (QED) is 0.307. The molecule has 1 unspecified atom stereocenters. The van der Waals surface area contributed by atoms with Crippen LogP contribution in [0.2, 0.25) is 0 Å². The molecule has 0 aliphatic heterocycles. The Morgan fingerprint density at radius 2 is 2.55 bits per heavy atom. The van der Waals surface area contributed by atoms with E-state index in [1.54, 1.807) is 0 Å². The van der Waals surface area contributed by atoms with Gasteiger partial charge in [-0.05, 0) is 0 Å². The van der Waals surface area contributed by atoms with E-state index in [1.807, 2.05) is 0 Å². The molecule has 0 spiro atoms. The summed E-state index contributed by atoms with van der Waals surface area (Å²) in [6, 6.07) is -0.781. The van der Waals surface area contributed by atoms with Gasteiger partial charge >= 0.3 is 63.9 Å². The van der Waals surface area contributed by atoms with Crippen LogP contribution in [0.3, 0.4) is 0 Å². The number of ether oxygens (including phenoxy) is 1. The molecule has 0 aromatic rings. The predicted octanol–water partition coefficient (Wildman–Crippen LogP) is -1.44. The van der Waals surface area contributed by atoms with Crippen LogP contribution in [0.25, 0.3) is 0 Å². The van der Waals surface area contributed by atoms with Gasteiger partial charge in [0.25, 0.3) is 0 Å². The molecule has 0 bridgehead atoms. The number of aliphatic imine (C=N–C) groups is 1. The van der Waals surface area contributed by atoms with Gasteiger partial charge in [-0.2, -0.15) is 0 Å². The van der Waals surface area contributed by atoms with E-state index in [2.05, 4.69) is 9.73 Å². The van der Waals surface area contributed by atoms with Crippen molar-refractivity contribution in [2.75, 3.05) is 13.7 Å². The molecule has 6 heteroatoms. The molecule has 0 radical (unpaired) electrons. The fraction of sp³-hybridized carbons (Fsp3) is 0.600. The van der Waals surface area contributed by atoms with Crippen LogP contribution in [-0.2, 0) is 14.2 Å². The van der Waals surface area contributed by atoms with Crippen LogP contribution in [0.15, 0.2) is 4.99 Å². The van der Waals surface area contributed by atoms with Crippen LogP contribution in [0, 0.1) is 0 Å². The third-order valence-electron chi connectivity index (χ3n) is 0.972. The minimum atomic E-state index is -0.781. The van der Waals surface area contributed by atoms with Gasteiger partial charge in [-0.1, -0.05) is 0 Å². The first-order valence-electron chi connectivity index (χ1n) is 2.99. The summed E-state index contributed by atoms with van der Waals surface area (Å²) in [5.41, 5.74) is 5.26. The first-order chi connectivity index (χ1) is 5.22. The second kappa shape index (κ2) is 5.73. The zero-order valence-electron chi connectivity index (χ0n) is 6.19. The van der Waals surface area contributed by atoms with Gasteiger partial charge < -0.3 is 0 Å². The van der Waals surface area contributed by atoms with Crippen molar-refractivity contribution in [3.63, 3.8) is 0 Å². The van der Waals surface area contributed by atoms with E-state index in [4.69, 9.17) is 5.73 Å². The van der Waals surface area contributed by atoms with Crippen LogP contribution in [0.5, 0.6) is 0 Å². The van der Waals surface area contributed by atoms with E-state index in [1.165, 1.54) is 7.11 Å².